The summed E-state index contributed by atoms with van der Waals surface area (Å²) in [4.78, 5) is 50.1. The summed E-state index contributed by atoms with van der Waals surface area (Å²) < 4.78 is 6.25. The van der Waals surface area contributed by atoms with E-state index in [0.717, 1.165) is 53.0 Å². The van der Waals surface area contributed by atoms with Gasteiger partial charge in [0.25, 0.3) is 11.8 Å². The average molecular weight is 626 g/mol. The van der Waals surface area contributed by atoms with Gasteiger partial charge in [-0.2, -0.15) is 0 Å². The lowest BCUT2D eigenvalue weighted by Crippen LogP contribution is -2.39. The molecule has 1 atom stereocenters. The van der Waals surface area contributed by atoms with Crippen LogP contribution in [-0.4, -0.2) is 62.4 Å². The second-order valence-electron chi connectivity index (χ2n) is 12.1. The van der Waals surface area contributed by atoms with E-state index in [4.69, 9.17) is 9.72 Å². The van der Waals surface area contributed by atoms with Gasteiger partial charge < -0.3 is 20.3 Å². The molecule has 2 aliphatic rings. The van der Waals surface area contributed by atoms with E-state index < -0.39 is 11.3 Å². The number of aryl methyl sites for hydroxylation is 1. The normalized spacial score (nSPS) is 15.6. The predicted molar refractivity (Wildman–Crippen MR) is 171 cm³/mol. The first kappa shape index (κ1) is 30.3. The van der Waals surface area contributed by atoms with Crippen molar-refractivity contribution in [2.75, 3.05) is 18.9 Å². The second kappa shape index (κ2) is 12.0. The van der Waals surface area contributed by atoms with Gasteiger partial charge in [0.15, 0.2) is 0 Å². The molecular formula is C33H35N7O4S. The van der Waals surface area contributed by atoms with Crippen LogP contribution in [0.4, 0.5) is 5.13 Å². The van der Waals surface area contributed by atoms with Crippen molar-refractivity contribution in [2.45, 2.75) is 58.9 Å². The molecule has 3 amide bonds. The number of carbonyl (C=O) groups is 3. The minimum Gasteiger partial charge on any atom is -0.420 e. The summed E-state index contributed by atoms with van der Waals surface area (Å²) in [6, 6.07) is 15.1. The maximum atomic E-state index is 13.9. The smallest absolute Gasteiger partial charge is 0.282 e. The maximum Gasteiger partial charge on any atom is 0.282 e. The van der Waals surface area contributed by atoms with Crippen LogP contribution in [0, 0.1) is 12.3 Å². The van der Waals surface area contributed by atoms with Crippen molar-refractivity contribution in [1.29, 1.82) is 0 Å². The van der Waals surface area contributed by atoms with Crippen LogP contribution >= 0.6 is 11.3 Å². The Kier molecular flexibility index (Phi) is 8.08. The molecule has 0 unspecified atom stereocenters. The molecule has 3 aromatic heterocycles. The minimum atomic E-state index is -1.01. The SMILES string of the molecule is CCN(C)C(=O)c1ccc(-c2ccc3c(n2)Oc2nc(C)ccc2[C@H]3C(C)(C)C(=O)Nc2nnc(C(=O)NC3CCC3)s2)cc1. The third kappa shape index (κ3) is 5.89. The highest BCUT2D eigenvalue weighted by Gasteiger charge is 2.45. The molecular weight excluding hydrogens is 590 g/mol. The largest absolute Gasteiger partial charge is 0.420 e. The summed E-state index contributed by atoms with van der Waals surface area (Å²) in [6.45, 7) is 8.14. The summed E-state index contributed by atoms with van der Waals surface area (Å²) in [5.74, 6) is -0.315. The number of amides is 3. The minimum absolute atomic E-state index is 0.0473. The Balaban J connectivity index is 1.28. The van der Waals surface area contributed by atoms with Crippen molar-refractivity contribution in [3.63, 3.8) is 0 Å². The molecule has 232 valence electrons. The summed E-state index contributed by atoms with van der Waals surface area (Å²) >= 11 is 1.05. The summed E-state index contributed by atoms with van der Waals surface area (Å²) in [7, 11) is 1.77. The highest BCUT2D eigenvalue weighted by atomic mass is 32.1. The van der Waals surface area contributed by atoms with Crippen LogP contribution < -0.4 is 15.4 Å². The van der Waals surface area contributed by atoms with E-state index in [0.29, 0.717) is 29.6 Å². The van der Waals surface area contributed by atoms with Crippen LogP contribution in [0.25, 0.3) is 11.3 Å². The monoisotopic (exact) mass is 625 g/mol. The van der Waals surface area contributed by atoms with Gasteiger partial charge in [-0.15, -0.1) is 10.2 Å². The summed E-state index contributed by atoms with van der Waals surface area (Å²) in [5, 5.41) is 14.4. The quantitative estimate of drug-likeness (QED) is 0.259. The number of rotatable bonds is 8. The third-order valence-corrected chi connectivity index (χ3v) is 9.41. The standard InChI is InChI=1S/C33H35N7O4S/c1-6-40(5)30(42)20-13-11-19(12-14-20)24-17-16-23-25(22-15-10-18(2)34-27(22)44-28(23)36-24)33(3,4)31(43)37-32-39-38-29(45-32)26(41)35-21-8-7-9-21/h10-17,21,25H,6-9H2,1-5H3,(H,35,41)(H,37,39,43)/t25-/m1/s1. The van der Waals surface area contributed by atoms with E-state index in [1.54, 1.807) is 24.1 Å². The molecule has 1 fully saturated rings. The lowest BCUT2D eigenvalue weighted by Gasteiger charge is -2.37. The summed E-state index contributed by atoms with van der Waals surface area (Å²) in [5.41, 5.74) is 3.35. The zero-order chi connectivity index (χ0) is 31.9. The van der Waals surface area contributed by atoms with Gasteiger partial charge in [-0.25, -0.2) is 9.97 Å². The van der Waals surface area contributed by atoms with Crippen molar-refractivity contribution >= 4 is 34.2 Å². The number of nitrogens with zero attached hydrogens (tertiary/aromatic N) is 5. The molecule has 12 heteroatoms. The maximum absolute atomic E-state index is 13.9. The number of aromatic nitrogens is 4. The summed E-state index contributed by atoms with van der Waals surface area (Å²) in [6.07, 6.45) is 3.03. The van der Waals surface area contributed by atoms with Crippen molar-refractivity contribution in [1.82, 2.24) is 30.4 Å². The highest BCUT2D eigenvalue weighted by Crippen LogP contribution is 2.51. The van der Waals surface area contributed by atoms with Crippen LogP contribution in [0.15, 0.2) is 48.5 Å². The lowest BCUT2D eigenvalue weighted by atomic mass is 9.70. The van der Waals surface area contributed by atoms with E-state index in [-0.39, 0.29) is 33.9 Å². The van der Waals surface area contributed by atoms with E-state index in [1.807, 2.05) is 64.1 Å². The van der Waals surface area contributed by atoms with Gasteiger partial charge in [-0.05, 0) is 57.4 Å². The lowest BCUT2D eigenvalue weighted by molar-refractivity contribution is -0.124. The van der Waals surface area contributed by atoms with Gasteiger partial charge in [0.1, 0.15) is 0 Å². The highest BCUT2D eigenvalue weighted by molar-refractivity contribution is 7.17. The average Bonchev–Trinajstić information content (AvgIpc) is 3.49. The molecule has 1 aliphatic carbocycles. The van der Waals surface area contributed by atoms with Gasteiger partial charge in [-0.3, -0.25) is 14.4 Å². The van der Waals surface area contributed by atoms with E-state index in [9.17, 15) is 14.4 Å². The molecule has 4 aromatic rings. The number of pyridine rings is 2. The molecule has 0 saturated heterocycles. The number of fused-ring (bicyclic) bond motifs is 2. The Morgan fingerprint density at radius 1 is 0.978 bits per heavy atom. The predicted octanol–water partition coefficient (Wildman–Crippen LogP) is 5.58. The molecule has 45 heavy (non-hydrogen) atoms. The molecule has 11 nitrogen and oxygen atoms in total. The molecule has 1 saturated carbocycles. The van der Waals surface area contributed by atoms with Crippen LogP contribution in [-0.2, 0) is 4.79 Å². The van der Waals surface area contributed by atoms with E-state index in [2.05, 4.69) is 25.8 Å². The second-order valence-corrected chi connectivity index (χ2v) is 13.0. The number of benzene rings is 1. The van der Waals surface area contributed by atoms with Crippen molar-refractivity contribution in [3.05, 3.63) is 75.9 Å². The van der Waals surface area contributed by atoms with Crippen molar-refractivity contribution < 1.29 is 19.1 Å². The molecule has 1 aromatic carbocycles. The van der Waals surface area contributed by atoms with Crippen LogP contribution in [0.2, 0.25) is 0 Å². The molecule has 0 radical (unpaired) electrons. The number of ether oxygens (including phenoxy) is 1. The van der Waals surface area contributed by atoms with Gasteiger partial charge in [-0.1, -0.05) is 49.4 Å². The molecule has 0 bridgehead atoms. The molecule has 6 rings (SSSR count). The molecule has 0 spiro atoms. The molecule has 1 aliphatic heterocycles. The Morgan fingerprint density at radius 3 is 2.33 bits per heavy atom. The van der Waals surface area contributed by atoms with Gasteiger partial charge in [0.05, 0.1) is 11.1 Å². The zero-order valence-electron chi connectivity index (χ0n) is 25.9. The Hall–Kier alpha value is -4.71. The van der Waals surface area contributed by atoms with Crippen LogP contribution in [0.5, 0.6) is 11.8 Å². The number of hydrogen-bond acceptors (Lipinski definition) is 9. The van der Waals surface area contributed by atoms with E-state index >= 15 is 0 Å². The Labute approximate surface area is 265 Å². The van der Waals surface area contributed by atoms with Crippen LogP contribution in [0.3, 0.4) is 0 Å². The number of carbonyl (C=O) groups excluding carboxylic acids is 3. The zero-order valence-corrected chi connectivity index (χ0v) is 26.7. The topological polar surface area (TPSA) is 139 Å². The van der Waals surface area contributed by atoms with Gasteiger partial charge in [0, 0.05) is 53.5 Å². The van der Waals surface area contributed by atoms with E-state index in [1.165, 1.54) is 0 Å². The van der Waals surface area contributed by atoms with Crippen molar-refractivity contribution in [2.24, 2.45) is 5.41 Å². The van der Waals surface area contributed by atoms with Gasteiger partial charge >= 0.3 is 0 Å². The van der Waals surface area contributed by atoms with Gasteiger partial charge in [0.2, 0.25) is 27.8 Å². The Morgan fingerprint density at radius 2 is 1.67 bits per heavy atom. The number of nitrogens with one attached hydrogen (secondary N) is 2. The Bertz CT molecular complexity index is 1780. The first-order valence-electron chi connectivity index (χ1n) is 15.0. The fraction of sp³-hybridized carbons (Fsp3) is 0.364. The third-order valence-electron chi connectivity index (χ3n) is 8.57. The first-order chi connectivity index (χ1) is 21.5. The van der Waals surface area contributed by atoms with Crippen LogP contribution in [0.1, 0.15) is 82.9 Å². The first-order valence-corrected chi connectivity index (χ1v) is 15.8. The fourth-order valence-corrected chi connectivity index (χ4v) is 6.14. The molecule has 2 N–H and O–H groups in total. The number of anilines is 1. The van der Waals surface area contributed by atoms with Crippen molar-refractivity contribution in [3.8, 4) is 23.0 Å². The number of hydrogen-bond donors (Lipinski definition) is 2. The fourth-order valence-electron chi connectivity index (χ4n) is 5.50. The molecule has 4 heterocycles.